The minimum Gasteiger partial charge on any atom is -0.335 e. The van der Waals surface area contributed by atoms with Gasteiger partial charge in [0.05, 0.1) is 6.04 Å². The number of likely N-dealkylation sites (tertiary alicyclic amines) is 1. The molecule has 1 atom stereocenters. The third-order valence-corrected chi connectivity index (χ3v) is 4.86. The minimum absolute atomic E-state index is 0.0891. The van der Waals surface area contributed by atoms with Crippen LogP contribution in [-0.2, 0) is 9.59 Å². The van der Waals surface area contributed by atoms with Gasteiger partial charge < -0.3 is 10.2 Å². The number of benzene rings is 2. The normalized spacial score (nSPS) is 16.3. The van der Waals surface area contributed by atoms with Crippen LogP contribution in [0.3, 0.4) is 0 Å². The summed E-state index contributed by atoms with van der Waals surface area (Å²) in [4.78, 5) is 26.2. The Balaban J connectivity index is 1.61. The number of rotatable bonds is 4. The van der Waals surface area contributed by atoms with Gasteiger partial charge in [0.2, 0.25) is 11.8 Å². The zero-order valence-electron chi connectivity index (χ0n) is 13.8. The summed E-state index contributed by atoms with van der Waals surface area (Å²) in [5.74, 6) is -0.921. The zero-order chi connectivity index (χ0) is 18.0. The average molecular weight is 361 g/mol. The summed E-state index contributed by atoms with van der Waals surface area (Å²) in [7, 11) is 0. The topological polar surface area (TPSA) is 49.4 Å². The second-order valence-electron chi connectivity index (χ2n) is 6.08. The number of carbonyl (C=O) groups is 2. The molecule has 4 nitrogen and oxygen atoms in total. The van der Waals surface area contributed by atoms with Crippen molar-refractivity contribution in [1.29, 1.82) is 0 Å². The molecule has 25 heavy (non-hydrogen) atoms. The van der Waals surface area contributed by atoms with Crippen molar-refractivity contribution >= 4 is 29.1 Å². The fraction of sp³-hybridized carbons (Fsp3) is 0.263. The molecule has 0 spiro atoms. The van der Waals surface area contributed by atoms with Crippen LogP contribution in [0.25, 0.3) is 0 Å². The largest absolute Gasteiger partial charge is 0.335 e. The lowest BCUT2D eigenvalue weighted by atomic mass is 9.94. The minimum atomic E-state index is -0.375. The van der Waals surface area contributed by atoms with Gasteiger partial charge >= 0.3 is 0 Å². The van der Waals surface area contributed by atoms with Crippen LogP contribution in [0, 0.1) is 12.7 Å². The number of hydrogen-bond acceptors (Lipinski definition) is 2. The summed E-state index contributed by atoms with van der Waals surface area (Å²) >= 11 is 6.03. The van der Waals surface area contributed by atoms with Crippen LogP contribution in [0.1, 0.15) is 30.0 Å². The maximum atomic E-state index is 13.0. The van der Waals surface area contributed by atoms with Gasteiger partial charge in [0.1, 0.15) is 12.2 Å². The summed E-state index contributed by atoms with van der Waals surface area (Å²) in [6, 6.07) is 11.3. The average Bonchev–Trinajstić information content (AvgIpc) is 2.52. The number of halogens is 2. The van der Waals surface area contributed by atoms with Crippen LogP contribution in [-0.4, -0.2) is 23.3 Å². The highest BCUT2D eigenvalue weighted by Gasteiger charge is 2.33. The van der Waals surface area contributed by atoms with Crippen molar-refractivity contribution in [2.24, 2.45) is 0 Å². The monoisotopic (exact) mass is 360 g/mol. The summed E-state index contributed by atoms with van der Waals surface area (Å²) < 4.78 is 13.0. The van der Waals surface area contributed by atoms with Gasteiger partial charge in [0.25, 0.3) is 0 Å². The van der Waals surface area contributed by atoms with Gasteiger partial charge in [-0.05, 0) is 48.7 Å². The van der Waals surface area contributed by atoms with Crippen molar-refractivity contribution in [3.05, 3.63) is 64.4 Å². The summed E-state index contributed by atoms with van der Waals surface area (Å²) in [6.45, 7) is 2.41. The quantitative estimate of drug-likeness (QED) is 0.835. The molecule has 0 bridgehead atoms. The van der Waals surface area contributed by atoms with Gasteiger partial charge in [-0.15, -0.1) is 0 Å². The van der Waals surface area contributed by atoms with E-state index < -0.39 is 0 Å². The van der Waals surface area contributed by atoms with Crippen molar-refractivity contribution in [3.8, 4) is 0 Å². The van der Waals surface area contributed by atoms with Crippen LogP contribution in [0.15, 0.2) is 42.5 Å². The van der Waals surface area contributed by atoms with Crippen molar-refractivity contribution in [2.75, 3.05) is 11.9 Å². The molecular weight excluding hydrogens is 343 g/mol. The molecule has 2 amide bonds. The first-order chi connectivity index (χ1) is 12.0. The van der Waals surface area contributed by atoms with E-state index in [2.05, 4.69) is 5.32 Å². The highest BCUT2D eigenvalue weighted by Crippen LogP contribution is 2.33. The second-order valence-corrected chi connectivity index (χ2v) is 6.49. The Bertz CT molecular complexity index is 808. The number of nitrogens with zero attached hydrogens (tertiary/aromatic N) is 1. The number of amides is 2. The maximum absolute atomic E-state index is 13.0. The highest BCUT2D eigenvalue weighted by atomic mass is 35.5. The van der Waals surface area contributed by atoms with E-state index >= 15 is 0 Å². The smallest absolute Gasteiger partial charge is 0.233 e. The molecule has 0 aromatic heterocycles. The van der Waals surface area contributed by atoms with Gasteiger partial charge in [-0.1, -0.05) is 29.8 Å². The van der Waals surface area contributed by atoms with Crippen LogP contribution in [0.2, 0.25) is 5.02 Å². The second kappa shape index (κ2) is 7.23. The Kier molecular flexibility index (Phi) is 5.04. The van der Waals surface area contributed by atoms with E-state index in [1.165, 1.54) is 12.1 Å². The fourth-order valence-electron chi connectivity index (χ4n) is 2.89. The fourth-order valence-corrected chi connectivity index (χ4v) is 3.07. The van der Waals surface area contributed by atoms with E-state index in [1.807, 2.05) is 0 Å². The third kappa shape index (κ3) is 3.82. The number of anilines is 1. The SMILES string of the molecule is Cc1c(Cl)cccc1NC(=O)CC(=O)N1CCC1c1ccc(F)cc1. The summed E-state index contributed by atoms with van der Waals surface area (Å²) in [5.41, 5.74) is 2.24. The summed E-state index contributed by atoms with van der Waals surface area (Å²) in [6.07, 6.45) is 0.579. The van der Waals surface area contributed by atoms with Gasteiger partial charge in [-0.25, -0.2) is 4.39 Å². The van der Waals surface area contributed by atoms with Gasteiger partial charge in [-0.2, -0.15) is 0 Å². The Labute approximate surface area is 150 Å². The Morgan fingerprint density at radius 1 is 1.24 bits per heavy atom. The number of hydrogen-bond donors (Lipinski definition) is 1. The summed E-state index contributed by atoms with van der Waals surface area (Å²) in [5, 5.41) is 3.29. The molecule has 3 rings (SSSR count). The molecule has 130 valence electrons. The van der Waals surface area contributed by atoms with Gasteiger partial charge in [0.15, 0.2) is 0 Å². The van der Waals surface area contributed by atoms with E-state index in [9.17, 15) is 14.0 Å². The van der Waals surface area contributed by atoms with Gasteiger partial charge in [0, 0.05) is 17.3 Å². The maximum Gasteiger partial charge on any atom is 0.233 e. The molecule has 1 aliphatic heterocycles. The molecule has 1 fully saturated rings. The van der Waals surface area contributed by atoms with Crippen molar-refractivity contribution in [3.63, 3.8) is 0 Å². The molecule has 1 N–H and O–H groups in total. The Morgan fingerprint density at radius 3 is 2.60 bits per heavy atom. The Morgan fingerprint density at radius 2 is 1.96 bits per heavy atom. The molecule has 0 radical (unpaired) electrons. The molecule has 1 heterocycles. The first-order valence-electron chi connectivity index (χ1n) is 8.05. The standard InChI is InChI=1S/C19H18ClFN2O2/c1-12-15(20)3-2-4-16(12)22-18(24)11-19(25)23-10-9-17(23)13-5-7-14(21)8-6-13/h2-8,17H,9-11H2,1H3,(H,22,24). The van der Waals surface area contributed by atoms with Crippen molar-refractivity contribution in [1.82, 2.24) is 4.90 Å². The molecule has 1 saturated heterocycles. The molecule has 1 aliphatic rings. The van der Waals surface area contributed by atoms with Crippen LogP contribution < -0.4 is 5.32 Å². The van der Waals surface area contributed by atoms with Gasteiger partial charge in [-0.3, -0.25) is 9.59 Å². The van der Waals surface area contributed by atoms with E-state index in [0.29, 0.717) is 17.3 Å². The number of carbonyl (C=O) groups excluding carboxylic acids is 2. The zero-order valence-corrected chi connectivity index (χ0v) is 14.5. The van der Waals surface area contributed by atoms with E-state index in [-0.39, 0.29) is 30.1 Å². The first kappa shape index (κ1) is 17.4. The third-order valence-electron chi connectivity index (χ3n) is 4.45. The van der Waals surface area contributed by atoms with E-state index in [4.69, 9.17) is 11.6 Å². The molecule has 1 unspecified atom stereocenters. The predicted octanol–water partition coefficient (Wildman–Crippen LogP) is 4.09. The lowest BCUT2D eigenvalue weighted by Gasteiger charge is -2.41. The van der Waals surface area contributed by atoms with Crippen LogP contribution in [0.4, 0.5) is 10.1 Å². The molecule has 2 aromatic rings. The lowest BCUT2D eigenvalue weighted by Crippen LogP contribution is -2.46. The highest BCUT2D eigenvalue weighted by molar-refractivity contribution is 6.31. The van der Waals surface area contributed by atoms with Crippen molar-refractivity contribution in [2.45, 2.75) is 25.8 Å². The lowest BCUT2D eigenvalue weighted by molar-refractivity contribution is -0.141. The molecular formula is C19H18ClFN2O2. The molecule has 6 heteroatoms. The van der Waals surface area contributed by atoms with Crippen molar-refractivity contribution < 1.29 is 14.0 Å². The molecule has 0 saturated carbocycles. The van der Waals surface area contributed by atoms with Crippen LogP contribution in [0.5, 0.6) is 0 Å². The first-order valence-corrected chi connectivity index (χ1v) is 8.43. The molecule has 2 aromatic carbocycles. The predicted molar refractivity (Wildman–Crippen MR) is 94.9 cm³/mol. The molecule has 0 aliphatic carbocycles. The van der Waals surface area contributed by atoms with E-state index in [1.54, 1.807) is 42.2 Å². The number of nitrogens with one attached hydrogen (secondary N) is 1. The van der Waals surface area contributed by atoms with E-state index in [0.717, 1.165) is 17.5 Å². The van der Waals surface area contributed by atoms with Crippen LogP contribution >= 0.6 is 11.6 Å². The Hall–Kier alpha value is -2.40.